The molecule has 0 heterocycles. The summed E-state index contributed by atoms with van der Waals surface area (Å²) in [5.74, 6) is -0.142. The fourth-order valence-electron chi connectivity index (χ4n) is 2.37. The highest BCUT2D eigenvalue weighted by Crippen LogP contribution is 2.31. The Labute approximate surface area is 127 Å². The Morgan fingerprint density at radius 3 is 2.79 bits per heavy atom. The molecule has 6 heteroatoms. The summed E-state index contributed by atoms with van der Waals surface area (Å²) >= 11 is 13.6. The molecule has 1 aliphatic carbocycles. The Morgan fingerprint density at radius 2 is 2.16 bits per heavy atom. The number of hydrogen-bond acceptors (Lipinski definition) is 3. The molecule has 0 bridgehead atoms. The summed E-state index contributed by atoms with van der Waals surface area (Å²) in [5.41, 5.74) is 6.50. The number of benzene rings is 1. The molecule has 0 aliphatic heterocycles. The van der Waals surface area contributed by atoms with Crippen LogP contribution in [0.25, 0.3) is 0 Å². The minimum Gasteiger partial charge on any atom is -0.397 e. The van der Waals surface area contributed by atoms with Gasteiger partial charge in [-0.1, -0.05) is 29.6 Å². The molecule has 1 aliphatic rings. The van der Waals surface area contributed by atoms with E-state index in [1.807, 2.05) is 0 Å². The average Bonchev–Trinajstić information content (AvgIpc) is 2.82. The summed E-state index contributed by atoms with van der Waals surface area (Å²) in [4.78, 5) is 12.2. The molecule has 1 amide bonds. The van der Waals surface area contributed by atoms with E-state index >= 15 is 0 Å². The second-order valence-corrected chi connectivity index (χ2v) is 6.51. The summed E-state index contributed by atoms with van der Waals surface area (Å²) in [6, 6.07) is 3.34. The van der Waals surface area contributed by atoms with Gasteiger partial charge >= 0.3 is 0 Å². The Kier molecular flexibility index (Phi) is 4.87. The van der Waals surface area contributed by atoms with Crippen molar-refractivity contribution in [1.29, 1.82) is 0 Å². The van der Waals surface area contributed by atoms with Crippen LogP contribution in [0.15, 0.2) is 12.1 Å². The SMILES string of the molecule is CSC1CCCC1NC(=O)c1cc(N)c(Cl)c(Cl)c1. The zero-order chi connectivity index (χ0) is 14.0. The van der Waals surface area contributed by atoms with Crippen molar-refractivity contribution in [3.63, 3.8) is 0 Å². The second-order valence-electron chi connectivity index (χ2n) is 4.65. The highest BCUT2D eigenvalue weighted by atomic mass is 35.5. The molecule has 1 aromatic rings. The number of nitrogens with two attached hydrogens (primary N) is 1. The van der Waals surface area contributed by atoms with E-state index in [1.54, 1.807) is 23.9 Å². The maximum Gasteiger partial charge on any atom is 0.251 e. The molecule has 3 N–H and O–H groups in total. The molecule has 0 spiro atoms. The third-order valence-corrected chi connectivity index (χ3v) is 5.38. The molecule has 19 heavy (non-hydrogen) atoms. The van der Waals surface area contributed by atoms with Gasteiger partial charge < -0.3 is 11.1 Å². The van der Waals surface area contributed by atoms with E-state index in [9.17, 15) is 4.79 Å². The van der Waals surface area contributed by atoms with Crippen molar-refractivity contribution < 1.29 is 4.79 Å². The fourth-order valence-corrected chi connectivity index (χ4v) is 3.64. The molecule has 3 nitrogen and oxygen atoms in total. The summed E-state index contributed by atoms with van der Waals surface area (Å²) in [7, 11) is 0. The number of halogens is 2. The third-order valence-electron chi connectivity index (χ3n) is 3.39. The molecule has 104 valence electrons. The van der Waals surface area contributed by atoms with Gasteiger partial charge in [0.25, 0.3) is 5.91 Å². The molecular weight excluding hydrogens is 303 g/mol. The minimum atomic E-state index is -0.142. The first-order valence-corrected chi connectivity index (χ1v) is 8.15. The van der Waals surface area contributed by atoms with E-state index in [2.05, 4.69) is 11.6 Å². The van der Waals surface area contributed by atoms with Crippen molar-refractivity contribution in [2.24, 2.45) is 0 Å². The highest BCUT2D eigenvalue weighted by molar-refractivity contribution is 7.99. The lowest BCUT2D eigenvalue weighted by molar-refractivity contribution is 0.0939. The Morgan fingerprint density at radius 1 is 1.42 bits per heavy atom. The van der Waals surface area contributed by atoms with Crippen molar-refractivity contribution in [3.8, 4) is 0 Å². The number of hydrogen-bond donors (Lipinski definition) is 2. The van der Waals surface area contributed by atoms with E-state index in [1.165, 1.54) is 0 Å². The molecule has 2 unspecified atom stereocenters. The first kappa shape index (κ1) is 14.8. The van der Waals surface area contributed by atoms with Crippen LogP contribution in [0.4, 0.5) is 5.69 Å². The number of nitrogens with one attached hydrogen (secondary N) is 1. The standard InChI is InChI=1S/C13H16Cl2N2OS/c1-19-11-4-2-3-10(11)17-13(18)7-5-8(14)12(15)9(16)6-7/h5-6,10-11H,2-4,16H2,1H3,(H,17,18). The van der Waals surface area contributed by atoms with Gasteiger partial charge in [-0.15, -0.1) is 0 Å². The number of rotatable bonds is 3. The van der Waals surface area contributed by atoms with E-state index < -0.39 is 0 Å². The summed E-state index contributed by atoms with van der Waals surface area (Å²) in [5, 5.41) is 4.14. The number of amides is 1. The molecular formula is C13H16Cl2N2OS. The van der Waals surface area contributed by atoms with E-state index in [-0.39, 0.29) is 11.9 Å². The molecule has 1 fully saturated rings. The summed E-state index contributed by atoms with van der Waals surface area (Å²) < 4.78 is 0. The smallest absolute Gasteiger partial charge is 0.251 e. The van der Waals surface area contributed by atoms with Crippen molar-refractivity contribution in [2.75, 3.05) is 12.0 Å². The van der Waals surface area contributed by atoms with Crippen LogP contribution in [0.5, 0.6) is 0 Å². The zero-order valence-corrected chi connectivity index (χ0v) is 12.9. The van der Waals surface area contributed by atoms with Gasteiger partial charge in [-0.05, 0) is 31.2 Å². The number of nitrogen functional groups attached to an aromatic ring is 1. The van der Waals surface area contributed by atoms with Crippen LogP contribution in [0, 0.1) is 0 Å². The molecule has 1 saturated carbocycles. The minimum absolute atomic E-state index is 0.142. The topological polar surface area (TPSA) is 55.1 Å². The third kappa shape index (κ3) is 3.30. The van der Waals surface area contributed by atoms with Gasteiger partial charge in [0.2, 0.25) is 0 Å². The first-order chi connectivity index (χ1) is 9.02. The van der Waals surface area contributed by atoms with Crippen LogP contribution in [-0.2, 0) is 0 Å². The molecule has 0 radical (unpaired) electrons. The van der Waals surface area contributed by atoms with Gasteiger partial charge in [0.15, 0.2) is 0 Å². The molecule has 0 saturated heterocycles. The summed E-state index contributed by atoms with van der Waals surface area (Å²) in [6.45, 7) is 0. The second kappa shape index (κ2) is 6.25. The predicted molar refractivity (Wildman–Crippen MR) is 83.3 cm³/mol. The van der Waals surface area contributed by atoms with Crippen LogP contribution < -0.4 is 11.1 Å². The van der Waals surface area contributed by atoms with E-state index in [0.29, 0.717) is 26.5 Å². The van der Waals surface area contributed by atoms with Gasteiger partial charge in [-0.3, -0.25) is 4.79 Å². The van der Waals surface area contributed by atoms with Gasteiger partial charge in [-0.25, -0.2) is 0 Å². The summed E-state index contributed by atoms with van der Waals surface area (Å²) in [6.07, 6.45) is 5.40. The van der Waals surface area contributed by atoms with E-state index in [0.717, 1.165) is 19.3 Å². The first-order valence-electron chi connectivity index (χ1n) is 6.11. The Balaban J connectivity index is 2.12. The normalized spacial score (nSPS) is 22.5. The Bertz CT molecular complexity index is 473. The van der Waals surface area contributed by atoms with Crippen LogP contribution in [-0.4, -0.2) is 23.5 Å². The maximum absolute atomic E-state index is 12.2. The van der Waals surface area contributed by atoms with Crippen molar-refractivity contribution in [1.82, 2.24) is 5.32 Å². The number of anilines is 1. The lowest BCUT2D eigenvalue weighted by Crippen LogP contribution is -2.38. The van der Waals surface area contributed by atoms with Crippen molar-refractivity contribution >= 4 is 46.6 Å². The fraction of sp³-hybridized carbons (Fsp3) is 0.462. The van der Waals surface area contributed by atoms with Crippen LogP contribution in [0.3, 0.4) is 0 Å². The lowest BCUT2D eigenvalue weighted by atomic mass is 10.1. The van der Waals surface area contributed by atoms with Gasteiger partial charge in [0, 0.05) is 16.9 Å². The van der Waals surface area contributed by atoms with Gasteiger partial charge in [-0.2, -0.15) is 11.8 Å². The maximum atomic E-state index is 12.2. The van der Waals surface area contributed by atoms with Crippen LogP contribution in [0.1, 0.15) is 29.6 Å². The number of thioether (sulfide) groups is 1. The molecule has 2 rings (SSSR count). The number of carbonyl (C=O) groups is 1. The van der Waals surface area contributed by atoms with Crippen LogP contribution >= 0.6 is 35.0 Å². The number of carbonyl (C=O) groups excluding carboxylic acids is 1. The molecule has 2 atom stereocenters. The quantitative estimate of drug-likeness (QED) is 0.837. The van der Waals surface area contributed by atoms with Crippen LogP contribution in [0.2, 0.25) is 10.0 Å². The highest BCUT2D eigenvalue weighted by Gasteiger charge is 2.28. The lowest BCUT2D eigenvalue weighted by Gasteiger charge is -2.19. The van der Waals surface area contributed by atoms with Crippen molar-refractivity contribution in [3.05, 3.63) is 27.7 Å². The monoisotopic (exact) mass is 318 g/mol. The van der Waals surface area contributed by atoms with Gasteiger partial charge in [0.1, 0.15) is 0 Å². The average molecular weight is 319 g/mol. The molecule has 1 aromatic carbocycles. The molecule has 0 aromatic heterocycles. The Hall–Kier alpha value is -0.580. The van der Waals surface area contributed by atoms with E-state index in [4.69, 9.17) is 28.9 Å². The van der Waals surface area contributed by atoms with Gasteiger partial charge in [0.05, 0.1) is 15.7 Å². The largest absolute Gasteiger partial charge is 0.397 e. The van der Waals surface area contributed by atoms with Crippen molar-refractivity contribution in [2.45, 2.75) is 30.6 Å². The predicted octanol–water partition coefficient (Wildman–Crippen LogP) is 3.59. The zero-order valence-electron chi connectivity index (χ0n) is 10.6.